The summed E-state index contributed by atoms with van der Waals surface area (Å²) in [5.41, 5.74) is 11.8. The van der Waals surface area contributed by atoms with Gasteiger partial charge in [0.05, 0.1) is 18.3 Å². The minimum atomic E-state index is -0.492. The van der Waals surface area contributed by atoms with Crippen molar-refractivity contribution < 1.29 is 28.6 Å². The van der Waals surface area contributed by atoms with Crippen molar-refractivity contribution in [2.45, 2.75) is 247 Å². The number of aryl methyl sites for hydroxylation is 6. The summed E-state index contributed by atoms with van der Waals surface area (Å²) in [5, 5.41) is 9.33. The average molecular weight is 1860 g/mol. The Morgan fingerprint density at radius 2 is 0.459 bits per heavy atom. The number of nitrogens with one attached hydrogen (secondary N) is 3. The zero-order chi connectivity index (χ0) is 80.7. The van der Waals surface area contributed by atoms with Gasteiger partial charge in [-0.3, -0.25) is 0 Å². The van der Waals surface area contributed by atoms with E-state index in [0.717, 1.165) is 112 Å². The van der Waals surface area contributed by atoms with Gasteiger partial charge < -0.3 is 59.2 Å². The standard InChI is InChI=1S/3C11H17N.3C7H7Br.3C5H10O.3C4H11N.3CH7OPSi.6CH4/c3*1-4-12(5-2)11-8-6-10(3)7-9-11;3*1-6-2-4-7(8)5-3-6;3*1-5-3-2-4-6-5;3*1-3-5-4-2;3*1-3-4-2;;;;;;/h3*6-9H,4-5H2,1-3H3;3*2-5H,1H3;3*5H,2-4H2,1H3;3*5H,3-4H2,1-2H3;3*2-3H,4H2,1H3;6*1H4/p+3. The molecule has 6 atom stereocenters. The van der Waals surface area contributed by atoms with E-state index >= 15 is 0 Å². The Hall–Kier alpha value is -2.26. The number of hydrogen-bond donors (Lipinski definition) is 6. The van der Waals surface area contributed by atoms with E-state index in [2.05, 4.69) is 353 Å². The summed E-state index contributed by atoms with van der Waals surface area (Å²) in [7, 11) is -0.0463. The molecule has 0 radical (unpaired) electrons. The van der Waals surface area contributed by atoms with E-state index in [1.54, 1.807) is 0 Å². The highest BCUT2D eigenvalue weighted by Crippen LogP contribution is 2.18. The summed E-state index contributed by atoms with van der Waals surface area (Å²) < 4.78 is 18.9. The first-order valence-electron chi connectivity index (χ1n) is 39.1. The van der Waals surface area contributed by atoms with Gasteiger partial charge in [-0.1, -0.05) is 240 Å². The lowest BCUT2D eigenvalue weighted by Crippen LogP contribution is -2.21. The van der Waals surface area contributed by atoms with Crippen molar-refractivity contribution in [2.24, 2.45) is 0 Å². The predicted molar refractivity (Wildman–Crippen MR) is 547 cm³/mol. The second-order valence-electron chi connectivity index (χ2n) is 24.5. The topological polar surface area (TPSA) is 134 Å². The van der Waals surface area contributed by atoms with Crippen LogP contribution >= 0.6 is 72.2 Å². The average Bonchev–Trinajstić information content (AvgIpc) is 1.11. The zero-order valence-corrected chi connectivity index (χ0v) is 83.3. The summed E-state index contributed by atoms with van der Waals surface area (Å²) in [6.07, 6.45) is 9.23. The lowest BCUT2D eigenvalue weighted by molar-refractivity contribution is 0.125. The first-order chi connectivity index (χ1) is 50.4. The van der Waals surface area contributed by atoms with Crippen LogP contribution in [0.25, 0.3) is 0 Å². The minimum absolute atomic E-state index is 0. The molecule has 654 valence electrons. The van der Waals surface area contributed by atoms with E-state index in [1.807, 2.05) is 36.4 Å². The second kappa shape index (κ2) is 104. The zero-order valence-electron chi connectivity index (χ0n) is 70.8. The molecule has 6 N–H and O–H groups in total. The molecule has 21 heteroatoms. The molecule has 6 aromatic carbocycles. The monoisotopic (exact) mass is 1860 g/mol. The molecule has 0 spiro atoms. The Balaban J connectivity index is -0.0000000956. The quantitative estimate of drug-likeness (QED) is 0.0361. The van der Waals surface area contributed by atoms with Gasteiger partial charge in [0.1, 0.15) is 0 Å². The smallest absolute Gasteiger partial charge is 0.333 e. The molecular weight excluding hydrogens is 1680 g/mol. The van der Waals surface area contributed by atoms with E-state index < -0.39 is 28.3 Å². The van der Waals surface area contributed by atoms with Crippen molar-refractivity contribution in [3.63, 3.8) is 0 Å². The maximum absolute atomic E-state index is 8.05. The maximum Gasteiger partial charge on any atom is 0.333 e. The van der Waals surface area contributed by atoms with Gasteiger partial charge >= 0.3 is 28.3 Å². The molecule has 3 heterocycles. The second-order valence-corrected chi connectivity index (χ2v) is 41.5. The van der Waals surface area contributed by atoms with E-state index in [9.17, 15) is 0 Å². The summed E-state index contributed by atoms with van der Waals surface area (Å²) in [4.78, 5) is 31.2. The highest BCUT2D eigenvalue weighted by atomic mass is 79.9. The first-order valence-corrected chi connectivity index (χ1v) is 56.6. The molecule has 6 aromatic rings. The Labute approximate surface area is 728 Å². The predicted octanol–water partition coefficient (Wildman–Crippen LogP) is 23.1. The van der Waals surface area contributed by atoms with Crippen LogP contribution < -0.4 is 30.7 Å². The molecular formula is C90H183Br3N6O6P3Si3+3. The van der Waals surface area contributed by atoms with Crippen LogP contribution in [0.2, 0.25) is 0 Å². The Morgan fingerprint density at radius 3 is 0.532 bits per heavy atom. The molecule has 0 amide bonds. The summed E-state index contributed by atoms with van der Waals surface area (Å²) in [6.45, 7) is 66.9. The number of anilines is 3. The fraction of sp³-hybridized carbons (Fsp3) is 0.600. The molecule has 3 saturated heterocycles. The van der Waals surface area contributed by atoms with Gasteiger partial charge in [-0.25, -0.2) is 0 Å². The molecule has 0 aromatic heterocycles. The van der Waals surface area contributed by atoms with E-state index in [-0.39, 0.29) is 44.6 Å². The van der Waals surface area contributed by atoms with Gasteiger partial charge in [-0.05, 0) is 279 Å². The lowest BCUT2D eigenvalue weighted by Gasteiger charge is -2.20. The Kier molecular flexibility index (Phi) is 126. The van der Waals surface area contributed by atoms with Gasteiger partial charge in [0.2, 0.25) is 0 Å². The van der Waals surface area contributed by atoms with Gasteiger partial charge in [-0.15, -0.1) is 0 Å². The largest absolute Gasteiger partial charge is 0.406 e. The van der Waals surface area contributed by atoms with Crippen LogP contribution in [0.4, 0.5) is 17.1 Å². The molecule has 3 aliphatic heterocycles. The summed E-state index contributed by atoms with van der Waals surface area (Å²) in [6, 6.07) is 50.7. The normalized spacial score (nSPS) is 13.4. The third-order valence-electron chi connectivity index (χ3n) is 15.0. The molecule has 3 fully saturated rings. The molecule has 0 aliphatic carbocycles. The van der Waals surface area contributed by atoms with Crippen molar-refractivity contribution in [3.05, 3.63) is 192 Å². The third kappa shape index (κ3) is 96.5. The molecule has 12 nitrogen and oxygen atoms in total. The fourth-order valence-corrected chi connectivity index (χ4v) is 9.39. The van der Waals surface area contributed by atoms with Gasteiger partial charge in [0, 0.05) is 110 Å². The van der Waals surface area contributed by atoms with Crippen molar-refractivity contribution in [3.8, 4) is 0 Å². The highest BCUT2D eigenvalue weighted by molar-refractivity contribution is 9.11. The van der Waals surface area contributed by atoms with Crippen molar-refractivity contribution >= 4 is 118 Å². The van der Waals surface area contributed by atoms with Gasteiger partial charge in [0.25, 0.3) is 0 Å². The number of rotatable bonds is 18. The van der Waals surface area contributed by atoms with Crippen LogP contribution in [-0.2, 0) is 14.2 Å². The molecule has 6 unspecified atom stereocenters. The number of benzene rings is 6. The molecule has 9 rings (SSSR count). The lowest BCUT2D eigenvalue weighted by atomic mass is 10.2. The van der Waals surface area contributed by atoms with Crippen LogP contribution in [-0.4, -0.2) is 179 Å². The van der Waals surface area contributed by atoms with Crippen LogP contribution in [0, 0.1) is 41.5 Å². The van der Waals surface area contributed by atoms with Gasteiger partial charge in [0.15, 0.2) is 0 Å². The molecule has 0 saturated carbocycles. The molecule has 0 bridgehead atoms. The summed E-state index contributed by atoms with van der Waals surface area (Å²) >= 11 is 10.0. The number of halogens is 3. The van der Waals surface area contributed by atoms with Crippen LogP contribution in [0.15, 0.2) is 159 Å². The highest BCUT2D eigenvalue weighted by Gasteiger charge is 2.09. The fourth-order valence-electron chi connectivity index (χ4n) is 8.60. The third-order valence-corrected chi connectivity index (χ3v) is 21.0. The van der Waals surface area contributed by atoms with Crippen molar-refractivity contribution in [1.82, 2.24) is 16.0 Å². The summed E-state index contributed by atoms with van der Waals surface area (Å²) in [5.74, 6) is 0. The molecule has 111 heavy (non-hydrogen) atoms. The molecule has 3 aliphatic rings. The number of ether oxygens (including phenoxy) is 3. The van der Waals surface area contributed by atoms with E-state index in [4.69, 9.17) is 28.6 Å². The van der Waals surface area contributed by atoms with Crippen LogP contribution in [0.3, 0.4) is 0 Å². The van der Waals surface area contributed by atoms with Gasteiger partial charge in [-0.2, -0.15) is 0 Å². The minimum Gasteiger partial charge on any atom is -0.406 e. The number of hydrogen-bond acceptors (Lipinski definition) is 12. The Bertz CT molecular complexity index is 2260. The van der Waals surface area contributed by atoms with Crippen LogP contribution in [0.5, 0.6) is 0 Å². The van der Waals surface area contributed by atoms with E-state index in [0.29, 0.717) is 42.7 Å². The van der Waals surface area contributed by atoms with Crippen molar-refractivity contribution in [2.75, 3.05) is 133 Å². The first kappa shape index (κ1) is 135. The maximum atomic E-state index is 8.05. The van der Waals surface area contributed by atoms with E-state index in [1.165, 1.54) is 89.0 Å². The van der Waals surface area contributed by atoms with Crippen LogP contribution in [0.1, 0.15) is 220 Å². The Morgan fingerprint density at radius 1 is 0.315 bits per heavy atom. The SMILES string of the molecule is C.C.C.C.C.C.CC1CCCO1.CC1CCCO1.CC1CCCO1.CCN(CC)c1ccc(C)cc1.CCN(CC)c1ccc(C)cc1.CCN(CC)c1ccc(C)cc1.CCNCC.CCNCC.CCNCC.C[PH2+][SiH2]O.C[PH2+][SiH2]O.C[PH2+][SiH2]O.Cc1ccc(Br)cc1.Cc1ccc(Br)cc1.Cc1ccc(Br)cc1. The van der Waals surface area contributed by atoms with Crippen molar-refractivity contribution in [1.29, 1.82) is 0 Å². The number of nitrogens with zero attached hydrogens (tertiary/aromatic N) is 3.